The number of rotatable bonds is 11. The topological polar surface area (TPSA) is 91.3 Å². The number of para-hydroxylation sites is 2. The van der Waals surface area contributed by atoms with Crippen molar-refractivity contribution in [3.05, 3.63) is 59.7 Å². The van der Waals surface area contributed by atoms with E-state index in [0.29, 0.717) is 44.7 Å². The number of hydrogen-bond donors (Lipinski definition) is 3. The van der Waals surface area contributed by atoms with E-state index in [4.69, 9.17) is 9.47 Å². The molecule has 208 valence electrons. The molecule has 1 unspecified atom stereocenters. The maximum atomic E-state index is 13.5. The summed E-state index contributed by atoms with van der Waals surface area (Å²) in [6.45, 7) is 3.84. The molecule has 4 rings (SSSR count). The summed E-state index contributed by atoms with van der Waals surface area (Å²) in [5.74, 6) is 1.19. The lowest BCUT2D eigenvalue weighted by molar-refractivity contribution is -0.141. The van der Waals surface area contributed by atoms with Crippen molar-refractivity contribution in [1.82, 2.24) is 10.2 Å². The fraction of sp³-hybridized carbons (Fsp3) is 0.581. The number of aliphatic hydroxyl groups is 2. The fourth-order valence-electron chi connectivity index (χ4n) is 6.26. The number of ether oxygens (including phenoxy) is 2. The van der Waals surface area contributed by atoms with Gasteiger partial charge < -0.3 is 29.9 Å². The SMILES string of the molecule is CN[C@@H]1C[C@@H](C(=O)N2CCCC([C@@](O)(CCCCOC)c3ccccc3Oc3ccccc3C)C2)C[C@@H]1O. The van der Waals surface area contributed by atoms with Crippen molar-refractivity contribution < 1.29 is 24.5 Å². The highest BCUT2D eigenvalue weighted by atomic mass is 16.5. The van der Waals surface area contributed by atoms with E-state index in [2.05, 4.69) is 5.32 Å². The molecule has 38 heavy (non-hydrogen) atoms. The van der Waals surface area contributed by atoms with Crippen LogP contribution in [0.4, 0.5) is 0 Å². The molecule has 7 nitrogen and oxygen atoms in total. The summed E-state index contributed by atoms with van der Waals surface area (Å²) in [5, 5.41) is 26.0. The smallest absolute Gasteiger partial charge is 0.225 e. The Morgan fingerprint density at radius 1 is 1.11 bits per heavy atom. The lowest BCUT2D eigenvalue weighted by Gasteiger charge is -2.44. The number of methoxy groups -OCH3 is 1. The van der Waals surface area contributed by atoms with E-state index in [9.17, 15) is 15.0 Å². The molecule has 1 amide bonds. The minimum Gasteiger partial charge on any atom is -0.457 e. The van der Waals surface area contributed by atoms with Gasteiger partial charge in [-0.2, -0.15) is 0 Å². The van der Waals surface area contributed by atoms with Crippen LogP contribution in [-0.2, 0) is 15.1 Å². The Labute approximate surface area is 227 Å². The molecule has 5 atom stereocenters. The van der Waals surface area contributed by atoms with Gasteiger partial charge in [-0.1, -0.05) is 36.4 Å². The molecule has 0 spiro atoms. The van der Waals surface area contributed by atoms with Gasteiger partial charge >= 0.3 is 0 Å². The van der Waals surface area contributed by atoms with Crippen LogP contribution in [-0.4, -0.2) is 67.0 Å². The maximum absolute atomic E-state index is 13.5. The molecule has 1 saturated carbocycles. The Bertz CT molecular complexity index is 1060. The van der Waals surface area contributed by atoms with Gasteiger partial charge in [-0.3, -0.25) is 4.79 Å². The van der Waals surface area contributed by atoms with Gasteiger partial charge in [0.1, 0.15) is 11.5 Å². The van der Waals surface area contributed by atoms with E-state index >= 15 is 0 Å². The average Bonchev–Trinajstić information content (AvgIpc) is 3.32. The zero-order valence-electron chi connectivity index (χ0n) is 23.1. The largest absolute Gasteiger partial charge is 0.457 e. The van der Waals surface area contributed by atoms with Crippen LogP contribution in [0, 0.1) is 18.8 Å². The molecule has 2 fully saturated rings. The fourth-order valence-corrected chi connectivity index (χ4v) is 6.26. The molecular weight excluding hydrogens is 480 g/mol. The van der Waals surface area contributed by atoms with Crippen molar-refractivity contribution in [3.63, 3.8) is 0 Å². The number of benzene rings is 2. The van der Waals surface area contributed by atoms with Crippen LogP contribution in [0.2, 0.25) is 0 Å². The first kappa shape index (κ1) is 28.6. The zero-order chi connectivity index (χ0) is 27.1. The predicted molar refractivity (Wildman–Crippen MR) is 148 cm³/mol. The quantitative estimate of drug-likeness (QED) is 0.378. The normalized spacial score (nSPS) is 25.2. The average molecular weight is 525 g/mol. The molecule has 7 heteroatoms. The van der Waals surface area contributed by atoms with Crippen molar-refractivity contribution in [2.75, 3.05) is 33.9 Å². The van der Waals surface area contributed by atoms with Gasteiger partial charge in [0, 0.05) is 50.2 Å². The summed E-state index contributed by atoms with van der Waals surface area (Å²) in [7, 11) is 3.53. The number of carbonyl (C=O) groups is 1. The van der Waals surface area contributed by atoms with E-state index in [1.807, 2.05) is 67.4 Å². The monoisotopic (exact) mass is 524 g/mol. The number of aliphatic hydroxyl groups excluding tert-OH is 1. The number of unbranched alkanes of at least 4 members (excludes halogenated alkanes) is 1. The second-order valence-corrected chi connectivity index (χ2v) is 11.0. The van der Waals surface area contributed by atoms with Gasteiger partial charge in [0.2, 0.25) is 5.91 Å². The van der Waals surface area contributed by atoms with Gasteiger partial charge in [0.05, 0.1) is 11.7 Å². The van der Waals surface area contributed by atoms with Crippen molar-refractivity contribution in [1.29, 1.82) is 0 Å². The van der Waals surface area contributed by atoms with Crippen LogP contribution in [0.15, 0.2) is 48.5 Å². The summed E-state index contributed by atoms with van der Waals surface area (Å²) in [4.78, 5) is 15.5. The van der Waals surface area contributed by atoms with Gasteiger partial charge in [-0.15, -0.1) is 0 Å². The summed E-state index contributed by atoms with van der Waals surface area (Å²) in [6, 6.07) is 15.6. The summed E-state index contributed by atoms with van der Waals surface area (Å²) < 4.78 is 11.7. The van der Waals surface area contributed by atoms with E-state index in [1.165, 1.54) is 0 Å². The van der Waals surface area contributed by atoms with Crippen molar-refractivity contribution in [2.45, 2.75) is 69.6 Å². The number of nitrogens with zero attached hydrogens (tertiary/aromatic N) is 1. The van der Waals surface area contributed by atoms with Crippen LogP contribution in [0.5, 0.6) is 11.5 Å². The van der Waals surface area contributed by atoms with Crippen LogP contribution in [0.3, 0.4) is 0 Å². The number of likely N-dealkylation sites (N-methyl/N-ethyl adjacent to an activating group) is 1. The van der Waals surface area contributed by atoms with Gasteiger partial charge in [0.25, 0.3) is 0 Å². The first-order valence-electron chi connectivity index (χ1n) is 14.1. The van der Waals surface area contributed by atoms with Gasteiger partial charge in [0.15, 0.2) is 0 Å². The third-order valence-electron chi connectivity index (χ3n) is 8.48. The Balaban J connectivity index is 1.60. The highest BCUT2D eigenvalue weighted by Gasteiger charge is 2.45. The van der Waals surface area contributed by atoms with Crippen molar-refractivity contribution >= 4 is 5.91 Å². The van der Waals surface area contributed by atoms with Gasteiger partial charge in [-0.05, 0) is 76.6 Å². The minimum absolute atomic E-state index is 0.0484. The molecule has 1 aliphatic carbocycles. The second kappa shape index (κ2) is 13.1. The van der Waals surface area contributed by atoms with Crippen LogP contribution in [0.1, 0.15) is 56.1 Å². The van der Waals surface area contributed by atoms with E-state index < -0.39 is 11.7 Å². The van der Waals surface area contributed by atoms with Crippen molar-refractivity contribution in [2.24, 2.45) is 11.8 Å². The molecule has 0 radical (unpaired) electrons. The molecule has 1 aliphatic heterocycles. The predicted octanol–water partition coefficient (Wildman–Crippen LogP) is 4.39. The number of nitrogens with one attached hydrogen (secondary N) is 1. The Hall–Kier alpha value is -2.45. The third-order valence-corrected chi connectivity index (χ3v) is 8.48. The highest BCUT2D eigenvalue weighted by molar-refractivity contribution is 5.79. The zero-order valence-corrected chi connectivity index (χ0v) is 23.1. The van der Waals surface area contributed by atoms with Crippen LogP contribution in [0.25, 0.3) is 0 Å². The Morgan fingerprint density at radius 2 is 1.84 bits per heavy atom. The number of hydrogen-bond acceptors (Lipinski definition) is 6. The second-order valence-electron chi connectivity index (χ2n) is 11.0. The molecule has 2 aromatic rings. The minimum atomic E-state index is -1.16. The maximum Gasteiger partial charge on any atom is 0.225 e. The molecule has 0 aromatic heterocycles. The molecular formula is C31H44N2O5. The summed E-state index contributed by atoms with van der Waals surface area (Å²) >= 11 is 0. The number of likely N-dealkylation sites (tertiary alicyclic amines) is 1. The molecule has 0 bridgehead atoms. The standard InChI is InChI=1S/C31H44N2O5/c1-22-11-4-6-14-28(22)38-29-15-7-5-13-25(29)31(36,16-8-9-18-37-3)24-12-10-17-33(21-24)30(35)23-19-26(32-2)27(34)20-23/h4-7,11,13-15,23-24,26-27,32,34,36H,8-10,12,16-21H2,1-3H3/t23-,24?,26-,27+,31+/m1/s1. The van der Waals surface area contributed by atoms with Crippen molar-refractivity contribution in [3.8, 4) is 11.5 Å². The highest BCUT2D eigenvalue weighted by Crippen LogP contribution is 2.45. The van der Waals surface area contributed by atoms with E-state index in [-0.39, 0.29) is 23.8 Å². The Kier molecular flexibility index (Phi) is 9.82. The number of amides is 1. The molecule has 1 heterocycles. The number of aryl methyl sites for hydroxylation is 1. The molecule has 1 saturated heterocycles. The molecule has 3 N–H and O–H groups in total. The molecule has 2 aliphatic rings. The Morgan fingerprint density at radius 3 is 2.55 bits per heavy atom. The van der Waals surface area contributed by atoms with E-state index in [0.717, 1.165) is 42.6 Å². The first-order valence-corrected chi connectivity index (χ1v) is 14.1. The first-order chi connectivity index (χ1) is 18.4. The molecule has 2 aromatic carbocycles. The number of piperidine rings is 1. The summed E-state index contributed by atoms with van der Waals surface area (Å²) in [6.07, 6.45) is 4.50. The van der Waals surface area contributed by atoms with Crippen LogP contribution >= 0.6 is 0 Å². The number of carbonyl (C=O) groups excluding carboxylic acids is 1. The lowest BCUT2D eigenvalue weighted by Crippen LogP contribution is -2.49. The van der Waals surface area contributed by atoms with E-state index in [1.54, 1.807) is 7.11 Å². The summed E-state index contributed by atoms with van der Waals surface area (Å²) in [5.41, 5.74) is 0.639. The van der Waals surface area contributed by atoms with Gasteiger partial charge in [-0.25, -0.2) is 0 Å². The van der Waals surface area contributed by atoms with Crippen LogP contribution < -0.4 is 10.1 Å². The lowest BCUT2D eigenvalue weighted by atomic mass is 9.73. The third kappa shape index (κ3) is 6.40.